The first-order valence-corrected chi connectivity index (χ1v) is 6.66. The van der Waals surface area contributed by atoms with Gasteiger partial charge in [-0.3, -0.25) is 0 Å². The van der Waals surface area contributed by atoms with Crippen LogP contribution in [0.15, 0.2) is 34.9 Å². The lowest BCUT2D eigenvalue weighted by Gasteiger charge is -2.11. The van der Waals surface area contributed by atoms with Gasteiger partial charge in [0.2, 0.25) is 0 Å². The van der Waals surface area contributed by atoms with Crippen molar-refractivity contribution in [2.75, 3.05) is 11.1 Å². The number of aryl methyl sites for hydroxylation is 1. The largest absolute Gasteiger partial charge is 0.403 e. The van der Waals surface area contributed by atoms with Crippen LogP contribution in [0.4, 0.5) is 21.8 Å². The Labute approximate surface area is 131 Å². The molecule has 0 amide bonds. The number of aromatic nitrogens is 3. The maximum absolute atomic E-state index is 14.0. The van der Waals surface area contributed by atoms with Crippen LogP contribution in [0.2, 0.25) is 0 Å². The summed E-state index contributed by atoms with van der Waals surface area (Å²) in [6.45, 7) is 1.81. The number of rotatable bonds is 3. The molecule has 2 heterocycles. The van der Waals surface area contributed by atoms with E-state index in [9.17, 15) is 4.39 Å². The zero-order valence-corrected chi connectivity index (χ0v) is 12.2. The molecule has 2 aromatic heterocycles. The topological polar surface area (TPSA) is 89.9 Å². The van der Waals surface area contributed by atoms with Crippen LogP contribution in [0.1, 0.15) is 11.3 Å². The highest BCUT2D eigenvalue weighted by Gasteiger charge is 2.15. The molecule has 0 aliphatic rings. The number of nitrogens with zero attached hydrogens (tertiary/aromatic N) is 3. The molecule has 114 valence electrons. The van der Waals surface area contributed by atoms with Crippen molar-refractivity contribution < 1.29 is 8.81 Å². The van der Waals surface area contributed by atoms with E-state index in [0.29, 0.717) is 22.6 Å². The molecular formula is C16H12FN5O. The fraction of sp³-hybridized carbons (Fsp3) is 0.0625. The summed E-state index contributed by atoms with van der Waals surface area (Å²) >= 11 is 0. The van der Waals surface area contributed by atoms with E-state index >= 15 is 0 Å². The van der Waals surface area contributed by atoms with Gasteiger partial charge in [0.15, 0.2) is 0 Å². The second-order valence-electron chi connectivity index (χ2n) is 4.81. The zero-order chi connectivity index (χ0) is 16.4. The Balaban J connectivity index is 2.06. The number of pyridine rings is 1. The van der Waals surface area contributed by atoms with Gasteiger partial charge in [0, 0.05) is 0 Å². The number of anilines is 3. The first-order chi connectivity index (χ1) is 11.1. The molecule has 7 heteroatoms. The first-order valence-electron chi connectivity index (χ1n) is 6.66. The second-order valence-corrected chi connectivity index (χ2v) is 4.81. The van der Waals surface area contributed by atoms with E-state index in [4.69, 9.17) is 16.6 Å². The van der Waals surface area contributed by atoms with Gasteiger partial charge in [-0.1, -0.05) is 17.1 Å². The number of halogens is 1. The monoisotopic (exact) mass is 309 g/mol. The summed E-state index contributed by atoms with van der Waals surface area (Å²) in [4.78, 5) is 4.09. The third-order valence-corrected chi connectivity index (χ3v) is 3.12. The number of benzene rings is 1. The first kappa shape index (κ1) is 14.5. The fourth-order valence-corrected chi connectivity index (χ4v) is 2.02. The van der Waals surface area contributed by atoms with Crippen molar-refractivity contribution in [1.82, 2.24) is 15.2 Å². The average Bonchev–Trinajstić information content (AvgIpc) is 2.96. The van der Waals surface area contributed by atoms with Gasteiger partial charge in [-0.2, -0.15) is 0 Å². The maximum Gasteiger partial charge on any atom is 0.313 e. The molecule has 0 fully saturated rings. The Bertz CT molecular complexity index is 913. The summed E-state index contributed by atoms with van der Waals surface area (Å²) < 4.78 is 19.3. The minimum atomic E-state index is -0.387. The summed E-state index contributed by atoms with van der Waals surface area (Å²) in [7, 11) is 0. The van der Waals surface area contributed by atoms with E-state index < -0.39 is 0 Å². The lowest BCUT2D eigenvalue weighted by Crippen LogP contribution is -1.99. The Kier molecular flexibility index (Phi) is 3.65. The Hall–Kier alpha value is -3.40. The molecule has 0 radical (unpaired) electrons. The van der Waals surface area contributed by atoms with Gasteiger partial charge in [-0.05, 0) is 30.7 Å². The molecular weight excluding hydrogens is 297 g/mol. The van der Waals surface area contributed by atoms with E-state index in [1.165, 1.54) is 12.3 Å². The minimum absolute atomic E-state index is 0.0773. The van der Waals surface area contributed by atoms with Gasteiger partial charge in [-0.15, -0.1) is 11.5 Å². The van der Waals surface area contributed by atoms with Crippen molar-refractivity contribution in [3.8, 4) is 23.8 Å². The minimum Gasteiger partial charge on any atom is -0.403 e. The van der Waals surface area contributed by atoms with E-state index in [1.54, 1.807) is 18.2 Å². The summed E-state index contributed by atoms with van der Waals surface area (Å²) in [6, 6.07) is 6.36. The number of nitrogen functional groups attached to an aromatic ring is 1. The Morgan fingerprint density at radius 1 is 1.26 bits per heavy atom. The SMILES string of the molecule is C#Cc1cc(-c2nnc(N)o2)c(Nc2ccc(C)cc2F)cn1. The molecule has 3 N–H and O–H groups in total. The fourth-order valence-electron chi connectivity index (χ4n) is 2.02. The number of terminal acetylenes is 1. The van der Waals surface area contributed by atoms with Crippen LogP contribution < -0.4 is 11.1 Å². The molecule has 0 bridgehead atoms. The van der Waals surface area contributed by atoms with E-state index in [2.05, 4.69) is 26.4 Å². The Morgan fingerprint density at radius 3 is 2.74 bits per heavy atom. The van der Waals surface area contributed by atoms with E-state index in [0.717, 1.165) is 5.56 Å². The van der Waals surface area contributed by atoms with Crippen LogP contribution in [0.3, 0.4) is 0 Å². The number of nitrogens with one attached hydrogen (secondary N) is 1. The molecule has 0 spiro atoms. The average molecular weight is 309 g/mol. The molecule has 23 heavy (non-hydrogen) atoms. The molecule has 0 aliphatic carbocycles. The van der Waals surface area contributed by atoms with Gasteiger partial charge in [0.1, 0.15) is 11.5 Å². The van der Waals surface area contributed by atoms with Gasteiger partial charge in [-0.25, -0.2) is 9.37 Å². The van der Waals surface area contributed by atoms with E-state index in [-0.39, 0.29) is 17.7 Å². The normalized spacial score (nSPS) is 10.3. The number of nitrogens with two attached hydrogens (primary N) is 1. The molecule has 0 unspecified atom stereocenters. The van der Waals surface area contributed by atoms with Gasteiger partial charge >= 0.3 is 6.01 Å². The van der Waals surface area contributed by atoms with Crippen LogP contribution in [-0.4, -0.2) is 15.2 Å². The number of hydrogen-bond donors (Lipinski definition) is 2. The van der Waals surface area contributed by atoms with E-state index in [1.807, 2.05) is 6.92 Å². The third kappa shape index (κ3) is 2.96. The molecule has 0 saturated carbocycles. The molecule has 0 saturated heterocycles. The zero-order valence-electron chi connectivity index (χ0n) is 12.2. The predicted molar refractivity (Wildman–Crippen MR) is 84.3 cm³/mol. The van der Waals surface area contributed by atoms with Crippen LogP contribution in [-0.2, 0) is 0 Å². The van der Waals surface area contributed by atoms with Crippen LogP contribution in [0.25, 0.3) is 11.5 Å². The Morgan fingerprint density at radius 2 is 2.09 bits per heavy atom. The highest BCUT2D eigenvalue weighted by Crippen LogP contribution is 2.30. The van der Waals surface area contributed by atoms with Crippen molar-refractivity contribution in [3.63, 3.8) is 0 Å². The number of hydrogen-bond acceptors (Lipinski definition) is 6. The van der Waals surface area contributed by atoms with Crippen molar-refractivity contribution in [2.45, 2.75) is 6.92 Å². The van der Waals surface area contributed by atoms with Crippen molar-refractivity contribution in [2.24, 2.45) is 0 Å². The van der Waals surface area contributed by atoms with Gasteiger partial charge < -0.3 is 15.5 Å². The molecule has 3 aromatic rings. The maximum atomic E-state index is 14.0. The highest BCUT2D eigenvalue weighted by atomic mass is 19.1. The third-order valence-electron chi connectivity index (χ3n) is 3.12. The van der Waals surface area contributed by atoms with Gasteiger partial charge in [0.25, 0.3) is 5.89 Å². The summed E-state index contributed by atoms with van der Waals surface area (Å²) in [6.07, 6.45) is 6.84. The standard InChI is InChI=1S/C16H12FN5O/c1-3-10-7-11(15-21-22-16(18)23-15)14(8-19-10)20-13-5-4-9(2)6-12(13)17/h1,4-8,20H,2H3,(H2,18,22). The molecule has 0 atom stereocenters. The predicted octanol–water partition coefficient (Wildman–Crippen LogP) is 2.89. The van der Waals surface area contributed by atoms with Crippen LogP contribution in [0.5, 0.6) is 0 Å². The lowest BCUT2D eigenvalue weighted by molar-refractivity contribution is 0.590. The molecule has 0 aliphatic heterocycles. The lowest BCUT2D eigenvalue weighted by atomic mass is 10.1. The van der Waals surface area contributed by atoms with Gasteiger partial charge in [0.05, 0.1) is 23.1 Å². The van der Waals surface area contributed by atoms with Crippen molar-refractivity contribution in [1.29, 1.82) is 0 Å². The van der Waals surface area contributed by atoms with Crippen molar-refractivity contribution >= 4 is 17.4 Å². The van der Waals surface area contributed by atoms with Crippen LogP contribution in [0, 0.1) is 25.1 Å². The molecule has 3 rings (SSSR count). The highest BCUT2D eigenvalue weighted by molar-refractivity contribution is 5.77. The molecule has 1 aromatic carbocycles. The quantitative estimate of drug-likeness (QED) is 0.723. The van der Waals surface area contributed by atoms with Crippen molar-refractivity contribution in [3.05, 3.63) is 47.5 Å². The molecule has 6 nitrogen and oxygen atoms in total. The second kappa shape index (κ2) is 5.77. The summed E-state index contributed by atoms with van der Waals surface area (Å²) in [5.74, 6) is 2.20. The van der Waals surface area contributed by atoms with Crippen LogP contribution >= 0.6 is 0 Å². The smallest absolute Gasteiger partial charge is 0.313 e. The summed E-state index contributed by atoms with van der Waals surface area (Å²) in [5.41, 5.74) is 7.90. The summed E-state index contributed by atoms with van der Waals surface area (Å²) in [5, 5.41) is 10.4.